The molecule has 0 unspecified atom stereocenters. The lowest BCUT2D eigenvalue weighted by atomic mass is 10.2. The Labute approximate surface area is 127 Å². The zero-order valence-electron chi connectivity index (χ0n) is 10.7. The second-order valence-electron chi connectivity index (χ2n) is 4.30. The molecule has 21 heavy (non-hydrogen) atoms. The summed E-state index contributed by atoms with van der Waals surface area (Å²) in [4.78, 5) is 4.23. The predicted octanol–water partition coefficient (Wildman–Crippen LogP) is 3.66. The molecule has 1 heterocycles. The van der Waals surface area contributed by atoms with Crippen molar-refractivity contribution in [3.05, 3.63) is 65.8 Å². The van der Waals surface area contributed by atoms with Crippen LogP contribution in [-0.4, -0.2) is 13.4 Å². The van der Waals surface area contributed by atoms with Crippen LogP contribution in [0.25, 0.3) is 10.9 Å². The average molecular weight is 320 g/mol. The van der Waals surface area contributed by atoms with Gasteiger partial charge in [0, 0.05) is 11.6 Å². The summed E-state index contributed by atoms with van der Waals surface area (Å²) in [6.45, 7) is 0. The fourth-order valence-corrected chi connectivity index (χ4v) is 3.11. The minimum Gasteiger partial charge on any atom is -0.377 e. The lowest BCUT2D eigenvalue weighted by Gasteiger charge is -2.09. The van der Waals surface area contributed by atoms with Crippen LogP contribution in [-0.2, 0) is 10.1 Å². The molecule has 0 spiro atoms. The Morgan fingerprint density at radius 2 is 1.71 bits per heavy atom. The van der Waals surface area contributed by atoms with Gasteiger partial charge in [-0.2, -0.15) is 8.42 Å². The van der Waals surface area contributed by atoms with Gasteiger partial charge in [0.05, 0.1) is 5.02 Å². The van der Waals surface area contributed by atoms with Gasteiger partial charge >= 0.3 is 10.1 Å². The van der Waals surface area contributed by atoms with E-state index in [1.165, 1.54) is 18.2 Å². The van der Waals surface area contributed by atoms with E-state index < -0.39 is 10.1 Å². The van der Waals surface area contributed by atoms with E-state index in [9.17, 15) is 8.42 Å². The van der Waals surface area contributed by atoms with Gasteiger partial charge in [0.1, 0.15) is 10.4 Å². The number of hydrogen-bond acceptors (Lipinski definition) is 4. The number of halogens is 1. The Kier molecular flexibility index (Phi) is 3.53. The minimum absolute atomic E-state index is 0.0871. The van der Waals surface area contributed by atoms with E-state index in [2.05, 4.69) is 4.98 Å². The molecule has 0 aliphatic carbocycles. The Morgan fingerprint density at radius 1 is 0.952 bits per heavy atom. The van der Waals surface area contributed by atoms with E-state index in [0.717, 1.165) is 0 Å². The first kappa shape index (κ1) is 13.9. The van der Waals surface area contributed by atoms with Crippen LogP contribution in [0.1, 0.15) is 0 Å². The van der Waals surface area contributed by atoms with Crippen LogP contribution in [0.15, 0.2) is 65.7 Å². The fraction of sp³-hybridized carbons (Fsp3) is 0. The molecule has 0 bridgehead atoms. The highest BCUT2D eigenvalue weighted by atomic mass is 35.5. The van der Waals surface area contributed by atoms with Gasteiger partial charge in [-0.25, -0.2) is 0 Å². The molecule has 6 heteroatoms. The van der Waals surface area contributed by atoms with Crippen molar-refractivity contribution in [3.8, 4) is 5.75 Å². The van der Waals surface area contributed by atoms with Gasteiger partial charge in [0.15, 0.2) is 5.75 Å². The summed E-state index contributed by atoms with van der Waals surface area (Å²) in [5.41, 5.74) is 0.407. The number of hydrogen-bond donors (Lipinski definition) is 0. The van der Waals surface area contributed by atoms with Gasteiger partial charge in [-0.05, 0) is 36.4 Å². The SMILES string of the molecule is O=S(=O)(Oc1ccc(Cl)c2cccnc12)c1ccccc1. The lowest BCUT2D eigenvalue weighted by molar-refractivity contribution is 0.488. The van der Waals surface area contributed by atoms with E-state index in [-0.39, 0.29) is 10.6 Å². The van der Waals surface area contributed by atoms with Gasteiger partial charge in [-0.15, -0.1) is 0 Å². The summed E-state index contributed by atoms with van der Waals surface area (Å²) < 4.78 is 29.7. The van der Waals surface area contributed by atoms with E-state index in [4.69, 9.17) is 15.8 Å². The summed E-state index contributed by atoms with van der Waals surface area (Å²) in [6.07, 6.45) is 1.56. The van der Waals surface area contributed by atoms with Crippen molar-refractivity contribution in [1.82, 2.24) is 4.98 Å². The van der Waals surface area contributed by atoms with Gasteiger partial charge in [0.25, 0.3) is 0 Å². The van der Waals surface area contributed by atoms with Crippen molar-refractivity contribution in [1.29, 1.82) is 0 Å². The van der Waals surface area contributed by atoms with Crippen LogP contribution in [0.2, 0.25) is 5.02 Å². The predicted molar refractivity (Wildman–Crippen MR) is 81.0 cm³/mol. The highest BCUT2D eigenvalue weighted by Gasteiger charge is 2.18. The van der Waals surface area contributed by atoms with Gasteiger partial charge < -0.3 is 4.18 Å². The average Bonchev–Trinajstić information content (AvgIpc) is 2.51. The Balaban J connectivity index is 2.09. The molecule has 0 atom stereocenters. The smallest absolute Gasteiger partial charge is 0.339 e. The first-order valence-electron chi connectivity index (χ1n) is 6.11. The summed E-state index contributed by atoms with van der Waals surface area (Å²) in [5.74, 6) is 0.152. The molecule has 0 saturated carbocycles. The zero-order valence-corrected chi connectivity index (χ0v) is 12.3. The maximum atomic E-state index is 12.2. The number of aromatic nitrogens is 1. The molecule has 0 N–H and O–H groups in total. The molecular formula is C15H10ClNO3S. The summed E-state index contributed by atoms with van der Waals surface area (Å²) in [5, 5.41) is 1.13. The van der Waals surface area contributed by atoms with Crippen LogP contribution >= 0.6 is 11.6 Å². The number of fused-ring (bicyclic) bond motifs is 1. The van der Waals surface area contributed by atoms with E-state index >= 15 is 0 Å². The van der Waals surface area contributed by atoms with Crippen LogP contribution < -0.4 is 4.18 Å². The van der Waals surface area contributed by atoms with Gasteiger partial charge in [0.2, 0.25) is 0 Å². The molecule has 0 aliphatic heterocycles. The molecule has 0 fully saturated rings. The minimum atomic E-state index is -3.90. The van der Waals surface area contributed by atoms with Gasteiger partial charge in [-0.3, -0.25) is 4.98 Å². The molecule has 0 amide bonds. The normalized spacial score (nSPS) is 11.5. The fourth-order valence-electron chi connectivity index (χ4n) is 1.93. The molecular weight excluding hydrogens is 310 g/mol. The van der Waals surface area contributed by atoms with Crippen LogP contribution in [0, 0.1) is 0 Å². The number of benzene rings is 2. The Hall–Kier alpha value is -2.11. The first-order valence-corrected chi connectivity index (χ1v) is 7.89. The largest absolute Gasteiger partial charge is 0.377 e. The highest BCUT2D eigenvalue weighted by Crippen LogP contribution is 2.31. The molecule has 1 aromatic heterocycles. The zero-order chi connectivity index (χ0) is 14.9. The third kappa shape index (κ3) is 2.70. The topological polar surface area (TPSA) is 56.3 Å². The van der Waals surface area contributed by atoms with Crippen molar-refractivity contribution in [3.63, 3.8) is 0 Å². The molecule has 106 valence electrons. The molecule has 0 aliphatic rings. The van der Waals surface area contributed by atoms with Crippen molar-refractivity contribution in [2.24, 2.45) is 0 Å². The Bertz CT molecular complexity index is 895. The summed E-state index contributed by atoms with van der Waals surface area (Å²) in [6, 6.07) is 14.5. The lowest BCUT2D eigenvalue weighted by Crippen LogP contribution is -2.10. The first-order chi connectivity index (χ1) is 10.1. The van der Waals surface area contributed by atoms with Crippen LogP contribution in [0.5, 0.6) is 5.75 Å². The summed E-state index contributed by atoms with van der Waals surface area (Å²) in [7, 11) is -3.90. The van der Waals surface area contributed by atoms with Crippen molar-refractivity contribution >= 4 is 32.6 Å². The molecule has 4 nitrogen and oxygen atoms in total. The molecule has 0 saturated heterocycles. The number of pyridine rings is 1. The van der Waals surface area contributed by atoms with Crippen LogP contribution in [0.4, 0.5) is 0 Å². The second-order valence-corrected chi connectivity index (χ2v) is 6.25. The van der Waals surface area contributed by atoms with Crippen LogP contribution in [0.3, 0.4) is 0 Å². The maximum Gasteiger partial charge on any atom is 0.339 e. The Morgan fingerprint density at radius 3 is 2.48 bits per heavy atom. The van der Waals surface area contributed by atoms with Crippen molar-refractivity contribution in [2.75, 3.05) is 0 Å². The number of rotatable bonds is 3. The quantitative estimate of drug-likeness (QED) is 0.691. The van der Waals surface area contributed by atoms with E-state index in [0.29, 0.717) is 15.9 Å². The third-order valence-corrected chi connectivity index (χ3v) is 4.49. The molecule has 0 radical (unpaired) electrons. The molecule has 3 rings (SSSR count). The summed E-state index contributed by atoms with van der Waals surface area (Å²) >= 11 is 6.07. The van der Waals surface area contributed by atoms with Gasteiger partial charge in [-0.1, -0.05) is 29.8 Å². The standard InChI is InChI=1S/C15H10ClNO3S/c16-13-8-9-14(15-12(13)7-4-10-17-15)20-21(18,19)11-5-2-1-3-6-11/h1-10H. The number of nitrogens with zero attached hydrogens (tertiary/aromatic N) is 1. The molecule has 3 aromatic rings. The van der Waals surface area contributed by atoms with E-state index in [1.54, 1.807) is 42.6 Å². The highest BCUT2D eigenvalue weighted by molar-refractivity contribution is 7.87. The third-order valence-electron chi connectivity index (χ3n) is 2.91. The van der Waals surface area contributed by atoms with E-state index in [1.807, 2.05) is 0 Å². The van der Waals surface area contributed by atoms with Crippen molar-refractivity contribution < 1.29 is 12.6 Å². The second kappa shape index (κ2) is 5.35. The monoisotopic (exact) mass is 319 g/mol. The maximum absolute atomic E-state index is 12.2. The molecule has 2 aromatic carbocycles. The van der Waals surface area contributed by atoms with Crippen molar-refractivity contribution in [2.45, 2.75) is 4.90 Å².